The number of aromatic nitrogens is 1. The molecule has 30 heavy (non-hydrogen) atoms. The quantitative estimate of drug-likeness (QED) is 0.786. The number of likely N-dealkylation sites (tertiary alicyclic amines) is 1. The minimum atomic E-state index is -3.42. The monoisotopic (exact) mass is 433 g/mol. The second-order valence-corrected chi connectivity index (χ2v) is 10.6. The van der Waals surface area contributed by atoms with E-state index in [4.69, 9.17) is 0 Å². The Hall–Kier alpha value is -2.32. The average molecular weight is 434 g/mol. The lowest BCUT2D eigenvalue weighted by Crippen LogP contribution is -2.50. The molecule has 3 rings (SSSR count). The molecule has 6 nitrogen and oxygen atoms in total. The van der Waals surface area contributed by atoms with Gasteiger partial charge in [-0.25, -0.2) is 17.5 Å². The standard InChI is InChI=1S/C22H28FN3O3S/c1-22(2,3)21(27)26-12-11-19(25-30(4,28)29)20(26)14-17-9-6-10-18(24-17)15-7-5-8-16(23)13-15/h5-10,13,19-20,25H,11-12,14H2,1-4H3/t19-,20-/m1/s1. The molecule has 162 valence electrons. The summed E-state index contributed by atoms with van der Waals surface area (Å²) in [4.78, 5) is 19.4. The molecule has 1 saturated heterocycles. The van der Waals surface area contributed by atoms with Crippen LogP contribution in [0.15, 0.2) is 42.5 Å². The van der Waals surface area contributed by atoms with Gasteiger partial charge in [-0.2, -0.15) is 0 Å². The number of benzene rings is 1. The molecule has 1 fully saturated rings. The number of hydrogen-bond donors (Lipinski definition) is 1. The number of carbonyl (C=O) groups excluding carboxylic acids is 1. The molecule has 8 heteroatoms. The van der Waals surface area contributed by atoms with Gasteiger partial charge in [-0.15, -0.1) is 0 Å². The van der Waals surface area contributed by atoms with Gasteiger partial charge in [0.1, 0.15) is 5.82 Å². The highest BCUT2D eigenvalue weighted by Gasteiger charge is 2.41. The maximum Gasteiger partial charge on any atom is 0.228 e. The third-order valence-corrected chi connectivity index (χ3v) is 5.89. The smallest absolute Gasteiger partial charge is 0.228 e. The Balaban J connectivity index is 1.91. The Kier molecular flexibility index (Phi) is 6.29. The van der Waals surface area contributed by atoms with E-state index in [1.54, 1.807) is 23.1 Å². The van der Waals surface area contributed by atoms with E-state index in [1.165, 1.54) is 12.1 Å². The molecule has 1 aliphatic rings. The normalized spacial score (nSPS) is 19.8. The molecule has 0 aliphatic carbocycles. The molecule has 0 radical (unpaired) electrons. The molecule has 0 bridgehead atoms. The van der Waals surface area contributed by atoms with Crippen LogP contribution in [-0.2, 0) is 21.2 Å². The number of rotatable bonds is 5. The highest BCUT2D eigenvalue weighted by molar-refractivity contribution is 7.88. The first-order valence-electron chi connectivity index (χ1n) is 9.94. The summed E-state index contributed by atoms with van der Waals surface area (Å²) in [6.45, 7) is 6.04. The highest BCUT2D eigenvalue weighted by atomic mass is 32.2. The zero-order valence-corrected chi connectivity index (χ0v) is 18.5. The van der Waals surface area contributed by atoms with Crippen LogP contribution in [0, 0.1) is 11.2 Å². The molecule has 2 aromatic rings. The van der Waals surface area contributed by atoms with Crippen molar-refractivity contribution in [3.05, 3.63) is 54.0 Å². The van der Waals surface area contributed by atoms with Crippen LogP contribution in [0.5, 0.6) is 0 Å². The third-order valence-electron chi connectivity index (χ3n) is 5.16. The van der Waals surface area contributed by atoms with E-state index in [0.29, 0.717) is 30.6 Å². The van der Waals surface area contributed by atoms with Crippen LogP contribution < -0.4 is 4.72 Å². The molecular formula is C22H28FN3O3S. The summed E-state index contributed by atoms with van der Waals surface area (Å²) in [7, 11) is -3.42. The van der Waals surface area contributed by atoms with E-state index in [9.17, 15) is 17.6 Å². The van der Waals surface area contributed by atoms with Crippen molar-refractivity contribution in [1.29, 1.82) is 0 Å². The fraction of sp³-hybridized carbons (Fsp3) is 0.455. The maximum absolute atomic E-state index is 13.6. The first-order valence-corrected chi connectivity index (χ1v) is 11.8. The molecule has 0 saturated carbocycles. The van der Waals surface area contributed by atoms with Crippen molar-refractivity contribution < 1.29 is 17.6 Å². The number of sulfonamides is 1. The molecule has 2 heterocycles. The number of hydrogen-bond acceptors (Lipinski definition) is 4. The van der Waals surface area contributed by atoms with Crippen LogP contribution >= 0.6 is 0 Å². The summed E-state index contributed by atoms with van der Waals surface area (Å²) in [6, 6.07) is 11.0. The summed E-state index contributed by atoms with van der Waals surface area (Å²) in [5.41, 5.74) is 1.44. The van der Waals surface area contributed by atoms with Gasteiger partial charge in [-0.3, -0.25) is 9.78 Å². The van der Waals surface area contributed by atoms with Gasteiger partial charge in [0.25, 0.3) is 0 Å². The van der Waals surface area contributed by atoms with E-state index >= 15 is 0 Å². The number of halogens is 1. The SMILES string of the molecule is CC(C)(C)C(=O)N1CC[C@@H](NS(C)(=O)=O)[C@H]1Cc1cccc(-c2cccc(F)c2)n1. The van der Waals surface area contributed by atoms with E-state index in [1.807, 2.05) is 32.9 Å². The predicted octanol–water partition coefficient (Wildman–Crippen LogP) is 3.00. The lowest BCUT2D eigenvalue weighted by atomic mass is 9.93. The summed E-state index contributed by atoms with van der Waals surface area (Å²) < 4.78 is 40.0. The second-order valence-electron chi connectivity index (χ2n) is 8.83. The topological polar surface area (TPSA) is 79.4 Å². The van der Waals surface area contributed by atoms with Crippen molar-refractivity contribution >= 4 is 15.9 Å². The molecule has 2 atom stereocenters. The van der Waals surface area contributed by atoms with Gasteiger partial charge in [-0.05, 0) is 30.7 Å². The van der Waals surface area contributed by atoms with Gasteiger partial charge in [0, 0.05) is 35.7 Å². The Morgan fingerprint density at radius 1 is 1.23 bits per heavy atom. The predicted molar refractivity (Wildman–Crippen MR) is 115 cm³/mol. The largest absolute Gasteiger partial charge is 0.337 e. The summed E-state index contributed by atoms with van der Waals surface area (Å²) >= 11 is 0. The highest BCUT2D eigenvalue weighted by Crippen LogP contribution is 2.28. The first-order chi connectivity index (χ1) is 13.9. The first kappa shape index (κ1) is 22.4. The lowest BCUT2D eigenvalue weighted by molar-refractivity contribution is -0.140. The molecule has 0 unspecified atom stereocenters. The Morgan fingerprint density at radius 3 is 2.57 bits per heavy atom. The summed E-state index contributed by atoms with van der Waals surface area (Å²) in [5, 5.41) is 0. The van der Waals surface area contributed by atoms with Crippen molar-refractivity contribution in [2.45, 2.75) is 45.7 Å². The Labute approximate surface area is 177 Å². The Morgan fingerprint density at radius 2 is 1.93 bits per heavy atom. The molecular weight excluding hydrogens is 405 g/mol. The minimum absolute atomic E-state index is 0.0217. The van der Waals surface area contributed by atoms with Crippen molar-refractivity contribution in [3.63, 3.8) is 0 Å². The molecule has 1 aromatic heterocycles. The number of nitrogens with zero attached hydrogens (tertiary/aromatic N) is 2. The van der Waals surface area contributed by atoms with Crippen molar-refractivity contribution in [3.8, 4) is 11.3 Å². The fourth-order valence-electron chi connectivity index (χ4n) is 3.82. The second kappa shape index (κ2) is 8.43. The number of amides is 1. The maximum atomic E-state index is 13.6. The van der Waals surface area contributed by atoms with E-state index in [-0.39, 0.29) is 23.8 Å². The van der Waals surface area contributed by atoms with Gasteiger partial charge in [0.15, 0.2) is 0 Å². The number of carbonyl (C=O) groups is 1. The number of nitrogens with one attached hydrogen (secondary N) is 1. The zero-order chi connectivity index (χ0) is 22.1. The van der Waals surface area contributed by atoms with Crippen LogP contribution in [-0.4, -0.2) is 49.1 Å². The third kappa shape index (κ3) is 5.43. The van der Waals surface area contributed by atoms with E-state index in [0.717, 1.165) is 11.9 Å². The summed E-state index contributed by atoms with van der Waals surface area (Å²) in [5.74, 6) is -0.360. The molecule has 1 aliphatic heterocycles. The average Bonchev–Trinajstić information content (AvgIpc) is 3.01. The van der Waals surface area contributed by atoms with E-state index < -0.39 is 15.4 Å². The van der Waals surface area contributed by atoms with E-state index in [2.05, 4.69) is 9.71 Å². The van der Waals surface area contributed by atoms with Crippen molar-refractivity contribution in [2.75, 3.05) is 12.8 Å². The fourth-order valence-corrected chi connectivity index (χ4v) is 4.64. The van der Waals surface area contributed by atoms with Crippen LogP contribution in [0.3, 0.4) is 0 Å². The van der Waals surface area contributed by atoms with Crippen LogP contribution in [0.1, 0.15) is 32.9 Å². The molecule has 0 spiro atoms. The van der Waals surface area contributed by atoms with Crippen LogP contribution in [0.25, 0.3) is 11.3 Å². The lowest BCUT2D eigenvalue weighted by Gasteiger charge is -2.33. The van der Waals surface area contributed by atoms with Crippen LogP contribution in [0.2, 0.25) is 0 Å². The zero-order valence-electron chi connectivity index (χ0n) is 17.7. The molecule has 1 aromatic carbocycles. The van der Waals surface area contributed by atoms with Gasteiger partial charge < -0.3 is 4.90 Å². The van der Waals surface area contributed by atoms with Gasteiger partial charge in [0.2, 0.25) is 15.9 Å². The molecule has 1 N–H and O–H groups in total. The minimum Gasteiger partial charge on any atom is -0.337 e. The Bertz CT molecular complexity index is 1030. The molecule has 1 amide bonds. The summed E-state index contributed by atoms with van der Waals surface area (Å²) in [6.07, 6.45) is 2.07. The van der Waals surface area contributed by atoms with Crippen molar-refractivity contribution in [2.24, 2.45) is 5.41 Å². The van der Waals surface area contributed by atoms with Gasteiger partial charge >= 0.3 is 0 Å². The van der Waals surface area contributed by atoms with Crippen LogP contribution in [0.4, 0.5) is 4.39 Å². The van der Waals surface area contributed by atoms with Gasteiger partial charge in [0.05, 0.1) is 18.0 Å². The number of pyridine rings is 1. The van der Waals surface area contributed by atoms with Gasteiger partial charge in [-0.1, -0.05) is 39.0 Å². The van der Waals surface area contributed by atoms with Crippen molar-refractivity contribution in [1.82, 2.24) is 14.6 Å².